The summed E-state index contributed by atoms with van der Waals surface area (Å²) < 4.78 is 5.66. The van der Waals surface area contributed by atoms with Gasteiger partial charge in [0.15, 0.2) is 0 Å². The molecule has 1 aliphatic rings. The second-order valence-electron chi connectivity index (χ2n) is 6.04. The Kier molecular flexibility index (Phi) is 7.36. The number of likely N-dealkylation sites (N-methyl/N-ethyl adjacent to an activating group) is 2. The summed E-state index contributed by atoms with van der Waals surface area (Å²) in [6.45, 7) is 9.31. The van der Waals surface area contributed by atoms with E-state index in [9.17, 15) is 4.79 Å². The summed E-state index contributed by atoms with van der Waals surface area (Å²) >= 11 is 0. The number of benzene rings is 1. The predicted octanol–water partition coefficient (Wildman–Crippen LogP) is 1.55. The molecule has 1 heterocycles. The topological polar surface area (TPSA) is 36.0 Å². The SMILES string of the molecule is CCN1CCN(CC(=O)N(C)CCCOc2ccccc2)CC1. The Bertz CT molecular complexity index is 459. The van der Waals surface area contributed by atoms with Gasteiger partial charge in [-0.25, -0.2) is 0 Å². The summed E-state index contributed by atoms with van der Waals surface area (Å²) in [5.41, 5.74) is 0. The number of carbonyl (C=O) groups excluding carboxylic acids is 1. The largest absolute Gasteiger partial charge is 0.494 e. The molecule has 1 aromatic carbocycles. The molecule has 0 radical (unpaired) electrons. The molecule has 1 saturated heterocycles. The van der Waals surface area contributed by atoms with Crippen molar-refractivity contribution in [2.75, 3.05) is 59.5 Å². The van der Waals surface area contributed by atoms with Gasteiger partial charge >= 0.3 is 0 Å². The highest BCUT2D eigenvalue weighted by Crippen LogP contribution is 2.08. The van der Waals surface area contributed by atoms with Crippen LogP contribution >= 0.6 is 0 Å². The highest BCUT2D eigenvalue weighted by Gasteiger charge is 2.19. The predicted molar refractivity (Wildman–Crippen MR) is 92.7 cm³/mol. The van der Waals surface area contributed by atoms with Crippen molar-refractivity contribution >= 4 is 5.91 Å². The number of amides is 1. The highest BCUT2D eigenvalue weighted by molar-refractivity contribution is 5.77. The van der Waals surface area contributed by atoms with Crippen molar-refractivity contribution in [2.24, 2.45) is 0 Å². The first kappa shape index (κ1) is 17.8. The molecule has 0 N–H and O–H groups in total. The van der Waals surface area contributed by atoms with Gasteiger partial charge in [-0.05, 0) is 25.1 Å². The summed E-state index contributed by atoms with van der Waals surface area (Å²) in [6, 6.07) is 9.79. The van der Waals surface area contributed by atoms with E-state index >= 15 is 0 Å². The van der Waals surface area contributed by atoms with Crippen LogP contribution in [0.4, 0.5) is 0 Å². The molecule has 1 amide bonds. The van der Waals surface area contributed by atoms with Crippen LogP contribution in [0.5, 0.6) is 5.75 Å². The molecule has 2 rings (SSSR count). The van der Waals surface area contributed by atoms with Crippen molar-refractivity contribution in [3.05, 3.63) is 30.3 Å². The molecule has 0 unspecified atom stereocenters. The summed E-state index contributed by atoms with van der Waals surface area (Å²) in [5, 5.41) is 0. The van der Waals surface area contributed by atoms with Crippen molar-refractivity contribution in [2.45, 2.75) is 13.3 Å². The summed E-state index contributed by atoms with van der Waals surface area (Å²) in [5.74, 6) is 1.09. The molecule has 0 aromatic heterocycles. The fourth-order valence-electron chi connectivity index (χ4n) is 2.71. The van der Waals surface area contributed by atoms with Crippen LogP contribution in [0.3, 0.4) is 0 Å². The molecule has 23 heavy (non-hydrogen) atoms. The molecule has 1 fully saturated rings. The Labute approximate surface area is 139 Å². The van der Waals surface area contributed by atoms with Gasteiger partial charge in [-0.2, -0.15) is 0 Å². The maximum atomic E-state index is 12.3. The molecule has 5 nitrogen and oxygen atoms in total. The molecule has 0 bridgehead atoms. The normalized spacial score (nSPS) is 16.3. The molecule has 0 atom stereocenters. The van der Waals surface area contributed by atoms with Crippen LogP contribution in [0.2, 0.25) is 0 Å². The first-order valence-corrected chi connectivity index (χ1v) is 8.55. The van der Waals surface area contributed by atoms with Gasteiger partial charge in [0.2, 0.25) is 5.91 Å². The van der Waals surface area contributed by atoms with E-state index in [1.54, 1.807) is 0 Å². The van der Waals surface area contributed by atoms with Gasteiger partial charge in [0.25, 0.3) is 0 Å². The molecule has 0 saturated carbocycles. The van der Waals surface area contributed by atoms with Gasteiger partial charge in [-0.1, -0.05) is 25.1 Å². The van der Waals surface area contributed by atoms with E-state index in [1.807, 2.05) is 42.3 Å². The fraction of sp³-hybridized carbons (Fsp3) is 0.611. The van der Waals surface area contributed by atoms with E-state index in [1.165, 1.54) is 0 Å². The lowest BCUT2D eigenvalue weighted by Crippen LogP contribution is -2.49. The van der Waals surface area contributed by atoms with E-state index < -0.39 is 0 Å². The molecule has 0 aliphatic carbocycles. The van der Waals surface area contributed by atoms with Gasteiger partial charge in [-0.3, -0.25) is 9.69 Å². The molecule has 0 spiro atoms. The quantitative estimate of drug-likeness (QED) is 0.681. The Balaban J connectivity index is 1.59. The summed E-state index contributed by atoms with van der Waals surface area (Å²) in [7, 11) is 1.88. The molecule has 5 heteroatoms. The number of carbonyl (C=O) groups is 1. The Morgan fingerprint density at radius 3 is 2.43 bits per heavy atom. The lowest BCUT2D eigenvalue weighted by Gasteiger charge is -2.34. The van der Waals surface area contributed by atoms with Crippen LogP contribution in [0.1, 0.15) is 13.3 Å². The standard InChI is InChI=1S/C18H29N3O2/c1-3-20-11-13-21(14-12-20)16-18(22)19(2)10-7-15-23-17-8-5-4-6-9-17/h4-6,8-9H,3,7,10-16H2,1-2H3. The average molecular weight is 319 g/mol. The Hall–Kier alpha value is -1.59. The Morgan fingerprint density at radius 1 is 1.13 bits per heavy atom. The van der Waals surface area contributed by atoms with Crippen molar-refractivity contribution in [3.63, 3.8) is 0 Å². The number of rotatable bonds is 8. The van der Waals surface area contributed by atoms with Crippen LogP contribution in [0.25, 0.3) is 0 Å². The van der Waals surface area contributed by atoms with E-state index in [4.69, 9.17) is 4.74 Å². The zero-order valence-corrected chi connectivity index (χ0v) is 14.4. The van der Waals surface area contributed by atoms with Crippen LogP contribution in [0, 0.1) is 0 Å². The van der Waals surface area contributed by atoms with Gasteiger partial charge in [-0.15, -0.1) is 0 Å². The fourth-order valence-corrected chi connectivity index (χ4v) is 2.71. The minimum absolute atomic E-state index is 0.203. The molecular formula is C18H29N3O2. The zero-order valence-electron chi connectivity index (χ0n) is 14.4. The number of ether oxygens (including phenoxy) is 1. The first-order valence-electron chi connectivity index (χ1n) is 8.55. The summed E-state index contributed by atoms with van der Waals surface area (Å²) in [6.07, 6.45) is 0.848. The highest BCUT2D eigenvalue weighted by atomic mass is 16.5. The smallest absolute Gasteiger partial charge is 0.236 e. The van der Waals surface area contributed by atoms with Crippen molar-refractivity contribution in [3.8, 4) is 5.75 Å². The third-order valence-electron chi connectivity index (χ3n) is 4.35. The molecule has 128 valence electrons. The van der Waals surface area contributed by atoms with E-state index in [2.05, 4.69) is 16.7 Å². The number of hydrogen-bond acceptors (Lipinski definition) is 4. The first-order chi connectivity index (χ1) is 11.2. The van der Waals surface area contributed by atoms with Gasteiger partial charge in [0, 0.05) is 39.8 Å². The van der Waals surface area contributed by atoms with Crippen molar-refractivity contribution in [1.82, 2.24) is 14.7 Å². The van der Waals surface area contributed by atoms with Crippen LogP contribution in [-0.2, 0) is 4.79 Å². The number of hydrogen-bond donors (Lipinski definition) is 0. The average Bonchev–Trinajstić information content (AvgIpc) is 2.60. The third-order valence-corrected chi connectivity index (χ3v) is 4.35. The Morgan fingerprint density at radius 2 is 1.78 bits per heavy atom. The van der Waals surface area contributed by atoms with Gasteiger partial charge in [0.05, 0.1) is 13.2 Å². The van der Waals surface area contributed by atoms with Crippen LogP contribution in [-0.4, -0.2) is 80.1 Å². The van der Waals surface area contributed by atoms with E-state index in [0.29, 0.717) is 13.2 Å². The molecule has 1 aliphatic heterocycles. The molecular weight excluding hydrogens is 290 g/mol. The minimum atomic E-state index is 0.203. The van der Waals surface area contributed by atoms with E-state index in [-0.39, 0.29) is 5.91 Å². The minimum Gasteiger partial charge on any atom is -0.494 e. The number of para-hydroxylation sites is 1. The van der Waals surface area contributed by atoms with Gasteiger partial charge in [0.1, 0.15) is 5.75 Å². The van der Waals surface area contributed by atoms with Gasteiger partial charge < -0.3 is 14.5 Å². The second-order valence-corrected chi connectivity index (χ2v) is 6.04. The van der Waals surface area contributed by atoms with Crippen molar-refractivity contribution < 1.29 is 9.53 Å². The maximum Gasteiger partial charge on any atom is 0.236 e. The van der Waals surface area contributed by atoms with Crippen LogP contribution in [0.15, 0.2) is 30.3 Å². The monoisotopic (exact) mass is 319 g/mol. The number of piperazine rings is 1. The zero-order chi connectivity index (χ0) is 16.5. The lowest BCUT2D eigenvalue weighted by molar-refractivity contribution is -0.131. The van der Waals surface area contributed by atoms with Crippen LogP contribution < -0.4 is 4.74 Å². The maximum absolute atomic E-state index is 12.3. The van der Waals surface area contributed by atoms with E-state index in [0.717, 1.165) is 51.4 Å². The van der Waals surface area contributed by atoms with Crippen molar-refractivity contribution in [1.29, 1.82) is 0 Å². The third kappa shape index (κ3) is 6.20. The molecule has 1 aromatic rings. The lowest BCUT2D eigenvalue weighted by atomic mass is 10.3. The number of nitrogens with zero attached hydrogens (tertiary/aromatic N) is 3. The second kappa shape index (κ2) is 9.53. The summed E-state index contributed by atoms with van der Waals surface area (Å²) in [4.78, 5) is 18.8.